The van der Waals surface area contributed by atoms with Gasteiger partial charge in [0.2, 0.25) is 0 Å². The third-order valence-electron chi connectivity index (χ3n) is 7.78. The number of aromatic carboxylic acids is 1. The van der Waals surface area contributed by atoms with E-state index in [1.54, 1.807) is 6.07 Å². The van der Waals surface area contributed by atoms with Gasteiger partial charge in [-0.1, -0.05) is 72.8 Å². The Balaban J connectivity index is 1.38. The molecule has 6 heteroatoms. The fourth-order valence-corrected chi connectivity index (χ4v) is 5.77. The van der Waals surface area contributed by atoms with Crippen molar-refractivity contribution in [3.8, 4) is 16.9 Å². The lowest BCUT2D eigenvalue weighted by Gasteiger charge is -2.21. The maximum absolute atomic E-state index is 12.2. The van der Waals surface area contributed by atoms with Gasteiger partial charge in [-0.3, -0.25) is 4.79 Å². The highest BCUT2D eigenvalue weighted by molar-refractivity contribution is 5.96. The van der Waals surface area contributed by atoms with Crippen LogP contribution in [-0.4, -0.2) is 26.7 Å². The Hall–Kier alpha value is -4.84. The Bertz CT molecular complexity index is 1710. The van der Waals surface area contributed by atoms with E-state index in [2.05, 4.69) is 4.57 Å². The summed E-state index contributed by atoms with van der Waals surface area (Å²) in [6, 6.07) is 31.1. The van der Waals surface area contributed by atoms with E-state index >= 15 is 0 Å². The first-order valence-corrected chi connectivity index (χ1v) is 13.4. The van der Waals surface area contributed by atoms with Gasteiger partial charge in [-0.2, -0.15) is 0 Å². The Morgan fingerprint density at radius 3 is 2.33 bits per heavy atom. The van der Waals surface area contributed by atoms with Crippen LogP contribution < -0.4 is 4.74 Å². The van der Waals surface area contributed by atoms with E-state index in [-0.39, 0.29) is 5.56 Å². The average Bonchev–Trinajstić information content (AvgIpc) is 3.29. The van der Waals surface area contributed by atoms with Crippen LogP contribution in [0.5, 0.6) is 5.75 Å². The smallest absolute Gasteiger partial charge is 0.336 e. The zero-order valence-corrected chi connectivity index (χ0v) is 21.9. The van der Waals surface area contributed by atoms with Gasteiger partial charge in [-0.05, 0) is 71.3 Å². The van der Waals surface area contributed by atoms with Crippen molar-refractivity contribution >= 4 is 22.8 Å². The molecule has 4 aromatic carbocycles. The topological polar surface area (TPSA) is 88.8 Å². The van der Waals surface area contributed by atoms with Crippen LogP contribution in [-0.2, 0) is 30.8 Å². The van der Waals surface area contributed by atoms with Crippen LogP contribution in [0.3, 0.4) is 0 Å². The molecule has 0 saturated carbocycles. The summed E-state index contributed by atoms with van der Waals surface area (Å²) >= 11 is 0. The molecule has 0 amide bonds. The molecule has 0 radical (unpaired) electrons. The minimum atomic E-state index is -0.968. The molecule has 40 heavy (non-hydrogen) atoms. The predicted molar refractivity (Wildman–Crippen MR) is 154 cm³/mol. The van der Waals surface area contributed by atoms with Crippen LogP contribution in [0.1, 0.15) is 39.2 Å². The fourth-order valence-electron chi connectivity index (χ4n) is 5.77. The Labute approximate surface area is 232 Å². The molecule has 2 N–H and O–H groups in total. The predicted octanol–water partition coefficient (Wildman–Crippen LogP) is 6.82. The average molecular weight is 532 g/mol. The highest BCUT2D eigenvalue weighted by atomic mass is 16.5. The number of aliphatic carboxylic acids is 1. The molecule has 1 aromatic heterocycles. The van der Waals surface area contributed by atoms with Crippen molar-refractivity contribution in [2.45, 2.75) is 32.4 Å². The Kier molecular flexibility index (Phi) is 6.83. The van der Waals surface area contributed by atoms with E-state index in [4.69, 9.17) is 4.74 Å². The number of benzene rings is 4. The molecular formula is C34H29NO5. The molecule has 0 fully saturated rings. The summed E-state index contributed by atoms with van der Waals surface area (Å²) in [6.45, 7) is 0.932. The van der Waals surface area contributed by atoms with E-state index in [0.717, 1.165) is 44.6 Å². The monoisotopic (exact) mass is 531 g/mol. The van der Waals surface area contributed by atoms with Gasteiger partial charge in [0.15, 0.2) is 0 Å². The van der Waals surface area contributed by atoms with E-state index in [1.165, 1.54) is 0 Å². The van der Waals surface area contributed by atoms with Gasteiger partial charge in [-0.25, -0.2) is 4.79 Å². The number of rotatable bonds is 8. The van der Waals surface area contributed by atoms with Crippen molar-refractivity contribution in [3.63, 3.8) is 0 Å². The quantitative estimate of drug-likeness (QED) is 0.229. The zero-order valence-electron chi connectivity index (χ0n) is 21.9. The second kappa shape index (κ2) is 10.7. The van der Waals surface area contributed by atoms with Crippen molar-refractivity contribution in [1.82, 2.24) is 4.57 Å². The summed E-state index contributed by atoms with van der Waals surface area (Å²) in [6.07, 6.45) is 1.68. The van der Waals surface area contributed by atoms with Crippen LogP contribution in [0.15, 0.2) is 97.1 Å². The highest BCUT2D eigenvalue weighted by Crippen LogP contribution is 2.37. The zero-order chi connectivity index (χ0) is 27.6. The maximum Gasteiger partial charge on any atom is 0.336 e. The molecule has 6 rings (SSSR count). The Morgan fingerprint density at radius 1 is 0.850 bits per heavy atom. The van der Waals surface area contributed by atoms with Gasteiger partial charge >= 0.3 is 11.9 Å². The van der Waals surface area contributed by atoms with Crippen molar-refractivity contribution in [3.05, 3.63) is 125 Å². The van der Waals surface area contributed by atoms with E-state index in [1.807, 2.05) is 91.0 Å². The number of nitrogens with zero attached hydrogens (tertiary/aromatic N) is 1. The first-order valence-electron chi connectivity index (χ1n) is 13.4. The molecule has 0 aliphatic heterocycles. The van der Waals surface area contributed by atoms with Gasteiger partial charge in [0.1, 0.15) is 12.4 Å². The molecule has 0 bridgehead atoms. The van der Waals surface area contributed by atoms with Crippen LogP contribution in [0, 0.1) is 5.92 Å². The molecule has 6 nitrogen and oxygen atoms in total. The van der Waals surface area contributed by atoms with E-state index < -0.39 is 17.9 Å². The van der Waals surface area contributed by atoms with E-state index in [0.29, 0.717) is 38.0 Å². The number of hydrogen-bond donors (Lipinski definition) is 2. The number of aromatic nitrogens is 1. The van der Waals surface area contributed by atoms with Crippen molar-refractivity contribution in [2.24, 2.45) is 5.92 Å². The van der Waals surface area contributed by atoms with Crippen molar-refractivity contribution in [2.75, 3.05) is 0 Å². The highest BCUT2D eigenvalue weighted by Gasteiger charge is 2.29. The number of carbonyl (C=O) groups is 2. The van der Waals surface area contributed by atoms with Crippen LogP contribution in [0.25, 0.3) is 22.0 Å². The third kappa shape index (κ3) is 4.96. The maximum atomic E-state index is 12.2. The number of carboxylic acid groups (broad SMARTS) is 2. The third-order valence-corrected chi connectivity index (χ3v) is 7.78. The number of fused-ring (bicyclic) bond motifs is 3. The number of ether oxygens (including phenoxy) is 1. The first-order chi connectivity index (χ1) is 19.5. The molecule has 5 aromatic rings. The van der Waals surface area contributed by atoms with E-state index in [9.17, 15) is 19.8 Å². The first kappa shape index (κ1) is 25.4. The minimum Gasteiger partial charge on any atom is -0.489 e. The number of carboxylic acids is 2. The van der Waals surface area contributed by atoms with Crippen LogP contribution in [0.4, 0.5) is 0 Å². The van der Waals surface area contributed by atoms with Crippen molar-refractivity contribution < 1.29 is 24.5 Å². The summed E-state index contributed by atoms with van der Waals surface area (Å²) in [5.74, 6) is -1.44. The van der Waals surface area contributed by atoms with Gasteiger partial charge in [0, 0.05) is 23.1 Å². The summed E-state index contributed by atoms with van der Waals surface area (Å²) in [5.41, 5.74) is 6.89. The Morgan fingerprint density at radius 2 is 1.60 bits per heavy atom. The summed E-state index contributed by atoms with van der Waals surface area (Å²) < 4.78 is 8.31. The second-order valence-electron chi connectivity index (χ2n) is 10.3. The van der Waals surface area contributed by atoms with Gasteiger partial charge in [0.05, 0.1) is 11.5 Å². The standard InChI is InChI=1S/C34H29NO5/c36-33(37)25-12-15-31-28(18-25)29-19-26(40-21-22-7-3-1-4-8-22)13-16-32(29)35(31)20-23-11-14-27(30(17-23)34(38)39)24-9-5-2-6-10-24/h1-11,13-14,16-17,19,25H,12,15,18,20-21H2,(H,36,37)(H,38,39). The fraction of sp³-hybridized carbons (Fsp3) is 0.176. The molecule has 1 unspecified atom stereocenters. The van der Waals surface area contributed by atoms with Gasteiger partial charge in [0.25, 0.3) is 0 Å². The lowest BCUT2D eigenvalue weighted by molar-refractivity contribution is -0.142. The summed E-state index contributed by atoms with van der Waals surface area (Å²) in [5, 5.41) is 20.8. The lowest BCUT2D eigenvalue weighted by atomic mass is 9.86. The second-order valence-corrected chi connectivity index (χ2v) is 10.3. The molecule has 1 heterocycles. The summed E-state index contributed by atoms with van der Waals surface area (Å²) in [4.78, 5) is 24.1. The molecule has 200 valence electrons. The number of hydrogen-bond acceptors (Lipinski definition) is 3. The SMILES string of the molecule is O=C(O)c1cc(Cn2c3c(c4cc(OCc5ccccc5)ccc42)CC(C(=O)O)CC3)ccc1-c1ccccc1. The molecular weight excluding hydrogens is 502 g/mol. The van der Waals surface area contributed by atoms with Crippen LogP contribution in [0.2, 0.25) is 0 Å². The van der Waals surface area contributed by atoms with Gasteiger partial charge < -0.3 is 19.5 Å². The lowest BCUT2D eigenvalue weighted by Crippen LogP contribution is -2.23. The minimum absolute atomic E-state index is 0.261. The molecule has 1 atom stereocenters. The van der Waals surface area contributed by atoms with Gasteiger partial charge in [-0.15, -0.1) is 0 Å². The molecule has 1 aliphatic rings. The molecule has 1 aliphatic carbocycles. The van der Waals surface area contributed by atoms with Crippen LogP contribution >= 0.6 is 0 Å². The normalized spacial score (nSPS) is 14.6. The molecule has 0 saturated heterocycles. The molecule has 0 spiro atoms. The van der Waals surface area contributed by atoms with Crippen molar-refractivity contribution in [1.29, 1.82) is 0 Å². The largest absolute Gasteiger partial charge is 0.489 e. The summed E-state index contributed by atoms with van der Waals surface area (Å²) in [7, 11) is 0.